The van der Waals surface area contributed by atoms with E-state index in [2.05, 4.69) is 33.9 Å². The molecule has 9 heteroatoms. The van der Waals surface area contributed by atoms with Gasteiger partial charge in [-0.1, -0.05) is 45.0 Å². The summed E-state index contributed by atoms with van der Waals surface area (Å²) >= 11 is 1.38. The highest BCUT2D eigenvalue weighted by Gasteiger charge is 2.39. The molecule has 4 rings (SSSR count). The number of hydrogen-bond acceptors (Lipinski definition) is 7. The molecule has 0 aliphatic carbocycles. The summed E-state index contributed by atoms with van der Waals surface area (Å²) in [4.78, 5) is 28.0. The normalized spacial score (nSPS) is 15.1. The number of carbonyl (C=O) groups excluding carboxylic acids is 2. The van der Waals surface area contributed by atoms with Crippen LogP contribution in [0.5, 0.6) is 11.5 Å². The zero-order valence-corrected chi connectivity index (χ0v) is 27.4. The molecule has 0 N–H and O–H groups in total. The number of carbonyl (C=O) groups is 2. The highest BCUT2D eigenvalue weighted by atomic mass is 32.1. The summed E-state index contributed by atoms with van der Waals surface area (Å²) in [6.07, 6.45) is 0.875. The first-order valence-electron chi connectivity index (χ1n) is 14.2. The molecule has 3 aromatic rings. The van der Waals surface area contributed by atoms with Crippen molar-refractivity contribution in [3.05, 3.63) is 59.0 Å². The first-order chi connectivity index (χ1) is 19.1. The summed E-state index contributed by atoms with van der Waals surface area (Å²) in [6.45, 7) is 17.8. The summed E-state index contributed by atoms with van der Waals surface area (Å²) < 4.78 is 25.2. The van der Waals surface area contributed by atoms with Crippen molar-refractivity contribution >= 4 is 41.8 Å². The van der Waals surface area contributed by atoms with Crippen molar-refractivity contribution in [3.63, 3.8) is 0 Å². The Morgan fingerprint density at radius 3 is 2.32 bits per heavy atom. The molecule has 7 nitrogen and oxygen atoms in total. The molecule has 1 saturated heterocycles. The van der Waals surface area contributed by atoms with E-state index in [9.17, 15) is 9.59 Å². The molecule has 1 fully saturated rings. The van der Waals surface area contributed by atoms with Crippen LogP contribution in [0.1, 0.15) is 69.6 Å². The van der Waals surface area contributed by atoms with Crippen molar-refractivity contribution < 1.29 is 28.2 Å². The van der Waals surface area contributed by atoms with Gasteiger partial charge in [0.15, 0.2) is 10.6 Å². The van der Waals surface area contributed by atoms with Crippen molar-refractivity contribution in [2.45, 2.75) is 90.8 Å². The number of likely N-dealkylation sites (tertiary alicyclic amines) is 1. The maximum atomic E-state index is 13.4. The van der Waals surface area contributed by atoms with Gasteiger partial charge in [-0.2, -0.15) is 0 Å². The van der Waals surface area contributed by atoms with Crippen molar-refractivity contribution in [2.75, 3.05) is 13.1 Å². The second kappa shape index (κ2) is 12.1. The van der Waals surface area contributed by atoms with Gasteiger partial charge < -0.3 is 23.5 Å². The molecule has 2 heterocycles. The zero-order chi connectivity index (χ0) is 30.0. The monoisotopic (exact) mass is 597 g/mol. The number of ether oxygens (including phenoxy) is 3. The van der Waals surface area contributed by atoms with E-state index >= 15 is 0 Å². The highest BCUT2D eigenvalue weighted by molar-refractivity contribution is 7.21. The van der Waals surface area contributed by atoms with Gasteiger partial charge in [0.25, 0.3) is 0 Å². The van der Waals surface area contributed by atoms with Crippen LogP contribution in [0.15, 0.2) is 48.5 Å². The van der Waals surface area contributed by atoms with Gasteiger partial charge in [-0.25, -0.2) is 9.59 Å². The lowest BCUT2D eigenvalue weighted by atomic mass is 10.1. The van der Waals surface area contributed by atoms with Crippen LogP contribution in [0, 0.1) is 0 Å². The number of nitrogens with zero attached hydrogens (tertiary/aromatic N) is 1. The van der Waals surface area contributed by atoms with Crippen LogP contribution in [0.2, 0.25) is 18.1 Å². The van der Waals surface area contributed by atoms with Crippen molar-refractivity contribution in [2.24, 2.45) is 0 Å². The number of rotatable bonds is 7. The molecule has 2 aromatic carbocycles. The standard InChI is InChI=1S/C32H43NO6SSi/c1-31(2,3)38-30(35)33-18-16-23(17-19-33)37-27-25-14-9-10-15-26(25)40-28(27)29(34)36-21-22-12-11-13-24(20-22)39-41(7,8)32(4,5)6/h9-15,20,23H,16-19,21H2,1-8H3. The molecule has 1 aromatic heterocycles. The third-order valence-corrected chi connectivity index (χ3v) is 13.1. The molecule has 0 saturated carbocycles. The minimum Gasteiger partial charge on any atom is -0.543 e. The van der Waals surface area contributed by atoms with E-state index in [1.807, 2.05) is 69.3 Å². The summed E-state index contributed by atoms with van der Waals surface area (Å²) in [5.74, 6) is 0.943. The molecular formula is C32H43NO6SSi. The van der Waals surface area contributed by atoms with E-state index in [1.54, 1.807) is 4.90 Å². The number of hydrogen-bond donors (Lipinski definition) is 0. The maximum absolute atomic E-state index is 13.4. The molecular weight excluding hydrogens is 555 g/mol. The Morgan fingerprint density at radius 2 is 1.66 bits per heavy atom. The Hall–Kier alpha value is -3.04. The molecule has 0 spiro atoms. The number of piperidine rings is 1. The minimum absolute atomic E-state index is 0.0827. The lowest BCUT2D eigenvalue weighted by Crippen LogP contribution is -2.44. The minimum atomic E-state index is -1.99. The number of amides is 1. The van der Waals surface area contributed by atoms with Crippen LogP contribution in [0.25, 0.3) is 10.1 Å². The van der Waals surface area contributed by atoms with E-state index in [4.69, 9.17) is 18.6 Å². The van der Waals surface area contributed by atoms with Crippen LogP contribution >= 0.6 is 11.3 Å². The smallest absolute Gasteiger partial charge is 0.410 e. The third-order valence-electron chi connectivity index (χ3n) is 7.56. The number of benzene rings is 2. The van der Waals surface area contributed by atoms with Crippen LogP contribution in [-0.4, -0.2) is 50.1 Å². The van der Waals surface area contributed by atoms with Crippen LogP contribution in [-0.2, 0) is 16.1 Å². The van der Waals surface area contributed by atoms with Crippen LogP contribution in [0.4, 0.5) is 4.79 Å². The number of thiophene rings is 1. The number of fused-ring (bicyclic) bond motifs is 1. The molecule has 1 amide bonds. The highest BCUT2D eigenvalue weighted by Crippen LogP contribution is 2.40. The molecule has 1 aliphatic rings. The second-order valence-corrected chi connectivity index (χ2v) is 18.9. The van der Waals surface area contributed by atoms with Crippen molar-refractivity contribution in [3.8, 4) is 11.5 Å². The first-order valence-corrected chi connectivity index (χ1v) is 18.0. The SMILES string of the molecule is CC(C)(C)OC(=O)N1CCC(Oc2c(C(=O)OCc3cccc(O[Si](C)(C)C(C)(C)C)c3)sc3ccccc23)CC1. The Balaban J connectivity index is 1.44. The molecule has 1 aliphatic heterocycles. The Kier molecular flexibility index (Phi) is 9.09. The van der Waals surface area contributed by atoms with Gasteiger partial charge >= 0.3 is 12.1 Å². The van der Waals surface area contributed by atoms with Gasteiger partial charge in [-0.15, -0.1) is 11.3 Å². The molecule has 0 radical (unpaired) electrons. The van der Waals surface area contributed by atoms with Gasteiger partial charge in [0.05, 0.1) is 0 Å². The topological polar surface area (TPSA) is 74.3 Å². The van der Waals surface area contributed by atoms with Crippen LogP contribution in [0.3, 0.4) is 0 Å². The number of esters is 1. The Bertz CT molecular complexity index is 1380. The van der Waals surface area contributed by atoms with Gasteiger partial charge in [-0.05, 0) is 68.7 Å². The average molecular weight is 598 g/mol. The van der Waals surface area contributed by atoms with Crippen molar-refractivity contribution in [1.82, 2.24) is 4.90 Å². The van der Waals surface area contributed by atoms with Gasteiger partial charge in [0.2, 0.25) is 8.32 Å². The fourth-order valence-electron chi connectivity index (χ4n) is 4.28. The molecule has 41 heavy (non-hydrogen) atoms. The third kappa shape index (κ3) is 7.83. The molecule has 0 unspecified atom stereocenters. The predicted molar refractivity (Wildman–Crippen MR) is 167 cm³/mol. The van der Waals surface area contributed by atoms with E-state index in [0.29, 0.717) is 36.6 Å². The molecule has 0 bridgehead atoms. The zero-order valence-electron chi connectivity index (χ0n) is 25.5. The van der Waals surface area contributed by atoms with E-state index in [1.165, 1.54) is 11.3 Å². The van der Waals surface area contributed by atoms with E-state index in [0.717, 1.165) is 21.4 Å². The van der Waals surface area contributed by atoms with Gasteiger partial charge in [-0.3, -0.25) is 0 Å². The quantitative estimate of drug-likeness (QED) is 0.201. The molecule has 0 atom stereocenters. The predicted octanol–water partition coefficient (Wildman–Crippen LogP) is 8.42. The summed E-state index contributed by atoms with van der Waals surface area (Å²) in [6, 6.07) is 15.6. The van der Waals surface area contributed by atoms with Crippen molar-refractivity contribution in [1.29, 1.82) is 0 Å². The fraction of sp³-hybridized carbons (Fsp3) is 0.500. The second-order valence-electron chi connectivity index (χ2n) is 13.1. The van der Waals surface area contributed by atoms with Crippen LogP contribution < -0.4 is 9.16 Å². The average Bonchev–Trinajstić information content (AvgIpc) is 3.24. The van der Waals surface area contributed by atoms with E-state index < -0.39 is 19.9 Å². The Labute approximate surface area is 248 Å². The van der Waals surface area contributed by atoms with Gasteiger partial charge in [0.1, 0.15) is 24.1 Å². The summed E-state index contributed by atoms with van der Waals surface area (Å²) in [5.41, 5.74) is 0.335. The fourth-order valence-corrected chi connectivity index (χ4v) is 6.34. The summed E-state index contributed by atoms with van der Waals surface area (Å²) in [7, 11) is -1.99. The molecule has 222 valence electrons. The first kappa shape index (κ1) is 30.9. The van der Waals surface area contributed by atoms with Gasteiger partial charge in [0, 0.05) is 36.0 Å². The maximum Gasteiger partial charge on any atom is 0.410 e. The lowest BCUT2D eigenvalue weighted by molar-refractivity contribution is 0.0127. The summed E-state index contributed by atoms with van der Waals surface area (Å²) in [5, 5.41) is 0.975. The lowest BCUT2D eigenvalue weighted by Gasteiger charge is -2.36. The Morgan fingerprint density at radius 1 is 0.976 bits per heavy atom. The van der Waals surface area contributed by atoms with E-state index in [-0.39, 0.29) is 23.8 Å². The largest absolute Gasteiger partial charge is 0.543 e.